The molecule has 0 saturated heterocycles. The van der Waals surface area contributed by atoms with E-state index in [-0.39, 0.29) is 6.61 Å². The zero-order valence-corrected chi connectivity index (χ0v) is 20.8. The van der Waals surface area contributed by atoms with Crippen molar-refractivity contribution in [2.24, 2.45) is 0 Å². The Hall–Kier alpha value is -2.96. The quantitative estimate of drug-likeness (QED) is 0.217. The van der Waals surface area contributed by atoms with Gasteiger partial charge in [-0.2, -0.15) is 0 Å². The highest BCUT2D eigenvalue weighted by atomic mass is 31.2. The standard InChI is InChI=1S/C31H33FOP/c1-2-3-10-26-15-17-27(18-16-26)25-34(29-11-6-4-7-12-29,30-13-8-5-9-14-30)31-21-19-28(20-22-31)33-24-23-32/h4-9,11-22H,2-3,10,23-25H2,1H3/q+1/i32-1. The molecule has 4 aromatic carbocycles. The van der Waals surface area contributed by atoms with Crippen LogP contribution >= 0.6 is 7.26 Å². The van der Waals surface area contributed by atoms with Crippen molar-refractivity contribution in [2.45, 2.75) is 32.3 Å². The van der Waals surface area contributed by atoms with Crippen molar-refractivity contribution in [3.05, 3.63) is 120 Å². The van der Waals surface area contributed by atoms with Crippen molar-refractivity contribution in [2.75, 3.05) is 13.3 Å². The van der Waals surface area contributed by atoms with Gasteiger partial charge in [-0.05, 0) is 72.5 Å². The monoisotopic (exact) mass is 470 g/mol. The summed E-state index contributed by atoms with van der Waals surface area (Å²) >= 11 is 0. The first-order valence-corrected chi connectivity index (χ1v) is 14.1. The van der Waals surface area contributed by atoms with Crippen LogP contribution < -0.4 is 20.7 Å². The van der Waals surface area contributed by atoms with Gasteiger partial charge in [0.1, 0.15) is 42.2 Å². The minimum absolute atomic E-state index is 0.0847. The Morgan fingerprint density at radius 2 is 1.18 bits per heavy atom. The van der Waals surface area contributed by atoms with E-state index in [2.05, 4.69) is 104 Å². The van der Waals surface area contributed by atoms with Gasteiger partial charge in [-0.1, -0.05) is 74.0 Å². The van der Waals surface area contributed by atoms with Crippen LogP contribution in [-0.4, -0.2) is 13.3 Å². The summed E-state index contributed by atoms with van der Waals surface area (Å²) in [4.78, 5) is 0. The number of hydrogen-bond acceptors (Lipinski definition) is 1. The molecule has 4 rings (SSSR count). The van der Waals surface area contributed by atoms with Gasteiger partial charge in [0.2, 0.25) is 0 Å². The van der Waals surface area contributed by atoms with Crippen LogP contribution in [0.25, 0.3) is 0 Å². The molecule has 0 saturated carbocycles. The molecular weight excluding hydrogens is 437 g/mol. The lowest BCUT2D eigenvalue weighted by Gasteiger charge is -2.28. The van der Waals surface area contributed by atoms with Crippen molar-refractivity contribution in [1.29, 1.82) is 0 Å². The van der Waals surface area contributed by atoms with Crippen LogP contribution in [0.3, 0.4) is 0 Å². The topological polar surface area (TPSA) is 9.23 Å². The number of hydrogen-bond donors (Lipinski definition) is 0. The highest BCUT2D eigenvalue weighted by molar-refractivity contribution is 7.95. The average molecular weight is 471 g/mol. The third-order valence-electron chi connectivity index (χ3n) is 6.28. The fourth-order valence-electron chi connectivity index (χ4n) is 4.51. The van der Waals surface area contributed by atoms with Gasteiger partial charge in [0.15, 0.2) is 0 Å². The number of halogens is 1. The minimum atomic E-state index is -1.99. The number of ether oxygens (including phenoxy) is 1. The van der Waals surface area contributed by atoms with Crippen LogP contribution in [0.5, 0.6) is 5.75 Å². The average Bonchev–Trinajstić information content (AvgIpc) is 2.91. The number of unbranched alkanes of at least 4 members (excludes halogenated alkanes) is 1. The van der Waals surface area contributed by atoms with Gasteiger partial charge < -0.3 is 4.74 Å². The molecule has 0 amide bonds. The van der Waals surface area contributed by atoms with Crippen molar-refractivity contribution in [3.63, 3.8) is 0 Å². The normalized spacial score (nSPS) is 11.4. The number of aryl methyl sites for hydroxylation is 1. The van der Waals surface area contributed by atoms with Crippen LogP contribution in [-0.2, 0) is 12.6 Å². The highest BCUT2D eigenvalue weighted by Crippen LogP contribution is 2.58. The molecule has 0 N–H and O–H groups in total. The van der Waals surface area contributed by atoms with E-state index in [9.17, 15) is 4.39 Å². The van der Waals surface area contributed by atoms with Crippen LogP contribution in [0.15, 0.2) is 109 Å². The second-order valence-electron chi connectivity index (χ2n) is 8.59. The highest BCUT2D eigenvalue weighted by Gasteiger charge is 2.45. The maximum absolute atomic E-state index is 12.6. The molecule has 0 heterocycles. The molecule has 0 fully saturated rings. The van der Waals surface area contributed by atoms with Gasteiger partial charge in [-0.25, -0.2) is 4.39 Å². The van der Waals surface area contributed by atoms with E-state index in [0.29, 0.717) is 5.75 Å². The number of rotatable bonds is 11. The second kappa shape index (κ2) is 12.0. The third-order valence-corrected chi connectivity index (χ3v) is 10.7. The maximum Gasteiger partial charge on any atom is 0.123 e. The molecule has 34 heavy (non-hydrogen) atoms. The van der Waals surface area contributed by atoms with E-state index < -0.39 is 13.9 Å². The van der Waals surface area contributed by atoms with Crippen molar-refractivity contribution in [3.8, 4) is 5.75 Å². The molecule has 0 aliphatic heterocycles. The Bertz CT molecular complexity index is 1090. The lowest BCUT2D eigenvalue weighted by Crippen LogP contribution is -2.32. The lowest BCUT2D eigenvalue weighted by molar-refractivity contribution is 0.273. The summed E-state index contributed by atoms with van der Waals surface area (Å²) < 4.78 is 18.1. The summed E-state index contributed by atoms with van der Waals surface area (Å²) in [5, 5.41) is 4.01. The van der Waals surface area contributed by atoms with E-state index in [1.165, 1.54) is 39.9 Å². The van der Waals surface area contributed by atoms with Crippen LogP contribution in [0, 0.1) is 0 Å². The molecule has 0 bridgehead atoms. The van der Waals surface area contributed by atoms with Crippen molar-refractivity contribution < 1.29 is 9.13 Å². The molecule has 4 aromatic rings. The maximum atomic E-state index is 12.6. The van der Waals surface area contributed by atoms with Crippen LogP contribution in [0.4, 0.5) is 4.39 Å². The summed E-state index contributed by atoms with van der Waals surface area (Å²) in [6.07, 6.45) is 4.51. The first-order valence-electron chi connectivity index (χ1n) is 12.1. The van der Waals surface area contributed by atoms with Gasteiger partial charge in [0.25, 0.3) is 0 Å². The SMILES string of the molecule is CCCCc1ccc(C[P+](c2ccccc2)(c2ccccc2)c2ccc(OCC[18F])cc2)cc1. The first kappa shape index (κ1) is 24.2. The lowest BCUT2D eigenvalue weighted by atomic mass is 10.1. The molecule has 0 aromatic heterocycles. The van der Waals surface area contributed by atoms with E-state index in [0.717, 1.165) is 12.6 Å². The first-order chi connectivity index (χ1) is 16.8. The molecule has 3 heteroatoms. The van der Waals surface area contributed by atoms with Gasteiger partial charge in [0, 0.05) is 0 Å². The Balaban J connectivity index is 1.82. The predicted octanol–water partition coefficient (Wildman–Crippen LogP) is 6.87. The summed E-state index contributed by atoms with van der Waals surface area (Å²) in [5.74, 6) is 0.709. The van der Waals surface area contributed by atoms with Crippen molar-refractivity contribution in [1.82, 2.24) is 0 Å². The molecule has 1 nitrogen and oxygen atoms in total. The summed E-state index contributed by atoms with van der Waals surface area (Å²) in [7, 11) is -1.99. The minimum Gasteiger partial charge on any atom is -0.491 e. The van der Waals surface area contributed by atoms with E-state index >= 15 is 0 Å². The Kier molecular flexibility index (Phi) is 8.50. The third kappa shape index (κ3) is 5.57. The zero-order chi connectivity index (χ0) is 23.6. The zero-order valence-electron chi connectivity index (χ0n) is 19.9. The fraction of sp³-hybridized carbons (Fsp3) is 0.226. The second-order valence-corrected chi connectivity index (χ2v) is 12.1. The Morgan fingerprint density at radius 3 is 1.71 bits per heavy atom. The molecule has 0 spiro atoms. The van der Waals surface area contributed by atoms with Gasteiger partial charge in [-0.15, -0.1) is 0 Å². The van der Waals surface area contributed by atoms with Gasteiger partial charge >= 0.3 is 0 Å². The van der Waals surface area contributed by atoms with Crippen molar-refractivity contribution >= 4 is 23.2 Å². The molecule has 0 aliphatic carbocycles. The number of benzene rings is 4. The summed E-state index contributed by atoms with van der Waals surface area (Å²) in [5.41, 5.74) is 2.75. The van der Waals surface area contributed by atoms with E-state index in [4.69, 9.17) is 4.74 Å². The molecule has 0 radical (unpaired) electrons. The number of alkyl halides is 1. The van der Waals surface area contributed by atoms with E-state index in [1.54, 1.807) is 0 Å². The van der Waals surface area contributed by atoms with Gasteiger partial charge in [0.05, 0.1) is 6.16 Å². The largest absolute Gasteiger partial charge is 0.491 e. The molecule has 0 unspecified atom stereocenters. The predicted molar refractivity (Wildman–Crippen MR) is 145 cm³/mol. The smallest absolute Gasteiger partial charge is 0.123 e. The van der Waals surface area contributed by atoms with E-state index in [1.807, 2.05) is 12.1 Å². The molecule has 0 aliphatic rings. The summed E-state index contributed by atoms with van der Waals surface area (Å²) in [6.45, 7) is 1.84. The Labute approximate surface area is 204 Å². The fourth-order valence-corrected chi connectivity index (χ4v) is 8.73. The molecular formula is C31H33FOP+. The summed E-state index contributed by atoms with van der Waals surface area (Å²) in [6, 6.07) is 39.3. The molecule has 0 atom stereocenters. The van der Waals surface area contributed by atoms with Gasteiger partial charge in [-0.3, -0.25) is 0 Å². The van der Waals surface area contributed by atoms with Crippen LogP contribution in [0.1, 0.15) is 30.9 Å². The Morgan fingerprint density at radius 1 is 0.647 bits per heavy atom. The molecule has 174 valence electrons. The van der Waals surface area contributed by atoms with Crippen LogP contribution in [0.2, 0.25) is 0 Å².